The van der Waals surface area contributed by atoms with Crippen LogP contribution in [0.3, 0.4) is 0 Å². The average molecular weight is 536 g/mol. The first-order valence-corrected chi connectivity index (χ1v) is 14.5. The second-order valence-electron chi connectivity index (χ2n) is 10.9. The van der Waals surface area contributed by atoms with Crippen molar-refractivity contribution < 1.29 is 0 Å². The number of nitrogens with one attached hydrogen (secondary N) is 2. The van der Waals surface area contributed by atoms with Gasteiger partial charge in [0.25, 0.3) is 0 Å². The number of rotatable bonds is 7. The van der Waals surface area contributed by atoms with Crippen molar-refractivity contribution >= 4 is 39.7 Å². The molecule has 2 atom stereocenters. The molecule has 7 heterocycles. The number of benzene rings is 1. The van der Waals surface area contributed by atoms with Crippen LogP contribution in [-0.4, -0.2) is 60.2 Å². The van der Waals surface area contributed by atoms with E-state index < -0.39 is 0 Å². The molecule has 9 nitrogen and oxygen atoms in total. The molecule has 1 aromatic carbocycles. The zero-order valence-corrected chi connectivity index (χ0v) is 22.5. The predicted octanol–water partition coefficient (Wildman–Crippen LogP) is 5.26. The van der Waals surface area contributed by atoms with Crippen LogP contribution in [0.4, 0.5) is 17.5 Å². The number of thiazole rings is 1. The van der Waals surface area contributed by atoms with Crippen LogP contribution in [-0.2, 0) is 6.54 Å². The van der Waals surface area contributed by atoms with Crippen LogP contribution in [0.2, 0.25) is 0 Å². The molecule has 0 amide bonds. The van der Waals surface area contributed by atoms with Gasteiger partial charge < -0.3 is 10.2 Å². The molecule has 3 aliphatic heterocycles. The first kappa shape index (κ1) is 23.0. The Morgan fingerprint density at radius 2 is 1.92 bits per heavy atom. The third-order valence-corrected chi connectivity index (χ3v) is 9.07. The Labute approximate surface area is 230 Å². The predicted molar refractivity (Wildman–Crippen MR) is 153 cm³/mol. The normalized spacial score (nSPS) is 20.8. The lowest BCUT2D eigenvalue weighted by molar-refractivity contribution is -0.00874. The minimum Gasteiger partial charge on any atom is -0.353 e. The molecule has 4 fully saturated rings. The quantitative estimate of drug-likeness (QED) is 0.291. The lowest BCUT2D eigenvalue weighted by Crippen LogP contribution is -2.68. The summed E-state index contributed by atoms with van der Waals surface area (Å²) in [7, 11) is 0. The molecule has 1 saturated carbocycles. The van der Waals surface area contributed by atoms with Crippen molar-refractivity contribution in [1.29, 1.82) is 0 Å². The van der Waals surface area contributed by atoms with Gasteiger partial charge in [0.2, 0.25) is 0 Å². The highest BCUT2D eigenvalue weighted by atomic mass is 32.1. The summed E-state index contributed by atoms with van der Waals surface area (Å²) < 4.78 is 0. The van der Waals surface area contributed by atoms with Crippen LogP contribution in [0.1, 0.15) is 41.6 Å². The fourth-order valence-corrected chi connectivity index (χ4v) is 6.68. The van der Waals surface area contributed by atoms with Gasteiger partial charge in [0.15, 0.2) is 11.6 Å². The highest BCUT2D eigenvalue weighted by Gasteiger charge is 2.45. The number of aromatic nitrogens is 6. The van der Waals surface area contributed by atoms with E-state index in [1.54, 1.807) is 11.3 Å². The highest BCUT2D eigenvalue weighted by molar-refractivity contribution is 7.09. The topological polar surface area (TPSA) is 98.8 Å². The Morgan fingerprint density at radius 3 is 2.69 bits per heavy atom. The molecule has 0 spiro atoms. The minimum absolute atomic E-state index is 0.564. The second kappa shape index (κ2) is 9.10. The molecule has 4 aromatic heterocycles. The van der Waals surface area contributed by atoms with Crippen molar-refractivity contribution in [2.24, 2.45) is 0 Å². The molecule has 2 unspecified atom stereocenters. The number of anilines is 3. The number of aryl methyl sites for hydroxylation is 1. The molecule has 2 bridgehead atoms. The zero-order valence-electron chi connectivity index (χ0n) is 21.7. The van der Waals surface area contributed by atoms with Gasteiger partial charge in [0.1, 0.15) is 16.6 Å². The smallest absolute Gasteiger partial charge is 0.163 e. The molecule has 2 N–H and O–H groups in total. The van der Waals surface area contributed by atoms with Gasteiger partial charge in [-0.15, -0.1) is 11.3 Å². The summed E-state index contributed by atoms with van der Waals surface area (Å²) in [6.45, 7) is 5.03. The van der Waals surface area contributed by atoms with Crippen molar-refractivity contribution in [3.63, 3.8) is 0 Å². The standard InChI is InChI=1S/C29H29N9S/c1-17-16-39-27(31-17)15-38-20-10-21(38)14-37(13-20)26-9-8-19(12-30-26)28-32-23-5-3-2-4-22(23)29(34-28)33-25-11-24(35-36-25)18-6-7-18/h2-5,8-9,11-12,16,18,20-21H,6-7,10,13-15H2,1H3,(H2,32,33,34,35,36). The first-order valence-electron chi connectivity index (χ1n) is 13.6. The Balaban J connectivity index is 1.01. The van der Waals surface area contributed by atoms with Crippen LogP contribution in [0.5, 0.6) is 0 Å². The van der Waals surface area contributed by atoms with Crippen molar-refractivity contribution in [3.8, 4) is 11.4 Å². The first-order chi connectivity index (χ1) is 19.2. The molecular weight excluding hydrogens is 506 g/mol. The van der Waals surface area contributed by atoms with E-state index in [-0.39, 0.29) is 0 Å². The number of piperazine rings is 1. The maximum Gasteiger partial charge on any atom is 0.163 e. The maximum absolute atomic E-state index is 4.91. The number of piperidine rings is 1. The van der Waals surface area contributed by atoms with Crippen LogP contribution in [0, 0.1) is 6.92 Å². The monoisotopic (exact) mass is 535 g/mol. The Bertz CT molecular complexity index is 1640. The Hall–Kier alpha value is -3.89. The molecule has 3 saturated heterocycles. The van der Waals surface area contributed by atoms with Gasteiger partial charge >= 0.3 is 0 Å². The number of nitrogens with zero attached hydrogens (tertiary/aromatic N) is 7. The van der Waals surface area contributed by atoms with E-state index in [0.717, 1.165) is 59.2 Å². The van der Waals surface area contributed by atoms with Crippen molar-refractivity contribution in [2.45, 2.75) is 50.7 Å². The average Bonchev–Trinajstić information content (AvgIpc) is 3.58. The van der Waals surface area contributed by atoms with Crippen LogP contribution >= 0.6 is 11.3 Å². The van der Waals surface area contributed by atoms with Gasteiger partial charge in [0, 0.05) is 71.1 Å². The molecule has 0 radical (unpaired) electrons. The maximum atomic E-state index is 4.91. The van der Waals surface area contributed by atoms with Crippen LogP contribution < -0.4 is 10.2 Å². The van der Waals surface area contributed by atoms with Gasteiger partial charge in [-0.05, 0) is 50.5 Å². The van der Waals surface area contributed by atoms with Crippen molar-refractivity contribution in [2.75, 3.05) is 23.3 Å². The molecule has 1 aliphatic carbocycles. The summed E-state index contributed by atoms with van der Waals surface area (Å²) in [5.74, 6) is 3.82. The van der Waals surface area contributed by atoms with E-state index >= 15 is 0 Å². The summed E-state index contributed by atoms with van der Waals surface area (Å²) in [4.78, 5) is 24.3. The molecule has 39 heavy (non-hydrogen) atoms. The molecule has 196 valence electrons. The van der Waals surface area contributed by atoms with E-state index in [0.29, 0.717) is 23.8 Å². The number of aromatic amines is 1. The van der Waals surface area contributed by atoms with E-state index in [2.05, 4.69) is 60.8 Å². The number of fused-ring (bicyclic) bond motifs is 3. The Morgan fingerprint density at radius 1 is 1.05 bits per heavy atom. The van der Waals surface area contributed by atoms with Crippen molar-refractivity contribution in [3.05, 3.63) is 70.4 Å². The van der Waals surface area contributed by atoms with Gasteiger partial charge in [0.05, 0.1) is 12.1 Å². The van der Waals surface area contributed by atoms with E-state index in [1.165, 1.54) is 30.0 Å². The number of H-pyrrole nitrogens is 1. The van der Waals surface area contributed by atoms with Gasteiger partial charge in [-0.25, -0.2) is 19.9 Å². The summed E-state index contributed by atoms with van der Waals surface area (Å²) >= 11 is 1.77. The number of pyridine rings is 1. The fraction of sp³-hybridized carbons (Fsp3) is 0.345. The van der Waals surface area contributed by atoms with Gasteiger partial charge in [-0.2, -0.15) is 5.10 Å². The molecular formula is C29H29N9S. The zero-order chi connectivity index (χ0) is 25.9. The van der Waals surface area contributed by atoms with E-state index in [1.807, 2.05) is 30.5 Å². The summed E-state index contributed by atoms with van der Waals surface area (Å²) in [6.07, 6.45) is 5.63. The highest BCUT2D eigenvalue weighted by Crippen LogP contribution is 2.40. The summed E-state index contributed by atoms with van der Waals surface area (Å²) in [5, 5.41) is 15.4. The number of hydrogen-bond acceptors (Lipinski definition) is 9. The third-order valence-electron chi connectivity index (χ3n) is 8.12. The molecule has 9 rings (SSSR count). The lowest BCUT2D eigenvalue weighted by Gasteiger charge is -2.56. The summed E-state index contributed by atoms with van der Waals surface area (Å²) in [6, 6.07) is 15.5. The van der Waals surface area contributed by atoms with Gasteiger partial charge in [-0.1, -0.05) is 12.1 Å². The molecule has 10 heteroatoms. The van der Waals surface area contributed by atoms with Crippen LogP contribution in [0.25, 0.3) is 22.3 Å². The second-order valence-corrected chi connectivity index (χ2v) is 11.9. The molecule has 5 aromatic rings. The van der Waals surface area contributed by atoms with Crippen LogP contribution in [0.15, 0.2) is 54.0 Å². The summed E-state index contributed by atoms with van der Waals surface area (Å²) in [5.41, 5.74) is 4.09. The van der Waals surface area contributed by atoms with Gasteiger partial charge in [-0.3, -0.25) is 10.00 Å². The third kappa shape index (κ3) is 4.33. The molecule has 4 aliphatic rings. The Kier molecular flexibility index (Phi) is 5.37. The lowest BCUT2D eigenvalue weighted by atomic mass is 9.87. The SMILES string of the molecule is Cc1csc(CN2C3CC2CN(c2ccc(-c4nc(Nc5cc(C6CC6)[nH]n5)c5ccccc5n4)cn2)C3)n1. The largest absolute Gasteiger partial charge is 0.353 e. The fourth-order valence-electron chi connectivity index (χ4n) is 5.90. The number of para-hydroxylation sites is 1. The van der Waals surface area contributed by atoms with E-state index in [4.69, 9.17) is 15.0 Å². The minimum atomic E-state index is 0.564. The van der Waals surface area contributed by atoms with Crippen molar-refractivity contribution in [1.82, 2.24) is 35.0 Å². The number of hydrogen-bond donors (Lipinski definition) is 2. The van der Waals surface area contributed by atoms with E-state index in [9.17, 15) is 0 Å².